The van der Waals surface area contributed by atoms with E-state index in [2.05, 4.69) is 51.1 Å². The molecule has 1 aliphatic carbocycles. The number of aliphatic hydroxyl groups excluding tert-OH is 2. The molecule has 0 bridgehead atoms. The average Bonchev–Trinajstić information content (AvgIpc) is 2.75. The molecule has 0 aliphatic heterocycles. The van der Waals surface area contributed by atoms with Crippen molar-refractivity contribution in [1.82, 2.24) is 0 Å². The fraction of sp³-hybridized carbons (Fsp3) is 0.571. The van der Waals surface area contributed by atoms with Crippen LogP contribution in [-0.4, -0.2) is 22.4 Å². The number of aliphatic hydroxyl groups is 2. The Balaban J connectivity index is 1.83. The quantitative estimate of drug-likeness (QED) is 0.428. The Labute approximate surface area is 188 Å². The molecule has 3 heteroatoms. The molecule has 0 spiro atoms. The number of benzene rings is 2. The molecule has 170 valence electrons. The molecule has 0 radical (unpaired) electrons. The van der Waals surface area contributed by atoms with Crippen molar-refractivity contribution in [3.8, 4) is 5.75 Å². The molecular formula is C28H40O3. The lowest BCUT2D eigenvalue weighted by Gasteiger charge is -2.32. The Hall–Kier alpha value is -1.84. The molecule has 0 heterocycles. The smallest absolute Gasteiger partial charge is 0.123 e. The van der Waals surface area contributed by atoms with E-state index in [-0.39, 0.29) is 11.3 Å². The normalized spacial score (nSPS) is 21.8. The van der Waals surface area contributed by atoms with Gasteiger partial charge in [0.05, 0.1) is 12.2 Å². The van der Waals surface area contributed by atoms with E-state index >= 15 is 0 Å². The lowest BCUT2D eigenvalue weighted by Crippen LogP contribution is -2.28. The van der Waals surface area contributed by atoms with Gasteiger partial charge in [0, 0.05) is 0 Å². The first-order chi connectivity index (χ1) is 14.9. The minimum Gasteiger partial charge on any atom is -0.489 e. The zero-order chi connectivity index (χ0) is 22.3. The van der Waals surface area contributed by atoms with Gasteiger partial charge in [-0.05, 0) is 59.8 Å². The highest BCUT2D eigenvalue weighted by Crippen LogP contribution is 2.41. The summed E-state index contributed by atoms with van der Waals surface area (Å²) in [6.45, 7) is 7.41. The maximum atomic E-state index is 10.2. The van der Waals surface area contributed by atoms with E-state index in [1.54, 1.807) is 0 Å². The van der Waals surface area contributed by atoms with Crippen LogP contribution < -0.4 is 4.74 Å². The van der Waals surface area contributed by atoms with Crippen molar-refractivity contribution in [3.05, 3.63) is 65.2 Å². The van der Waals surface area contributed by atoms with Crippen LogP contribution in [0.5, 0.6) is 5.75 Å². The third kappa shape index (κ3) is 6.82. The first-order valence-corrected chi connectivity index (χ1v) is 12.1. The monoisotopic (exact) mass is 424 g/mol. The van der Waals surface area contributed by atoms with Gasteiger partial charge in [-0.2, -0.15) is 0 Å². The van der Waals surface area contributed by atoms with Gasteiger partial charge < -0.3 is 14.9 Å². The number of rotatable bonds is 10. The Bertz CT molecular complexity index is 789. The van der Waals surface area contributed by atoms with Crippen LogP contribution >= 0.6 is 0 Å². The molecular weight excluding hydrogens is 384 g/mol. The van der Waals surface area contributed by atoms with Gasteiger partial charge in [-0.3, -0.25) is 0 Å². The molecule has 2 aromatic rings. The highest BCUT2D eigenvalue weighted by atomic mass is 16.5. The lowest BCUT2D eigenvalue weighted by atomic mass is 9.77. The van der Waals surface area contributed by atoms with Crippen molar-refractivity contribution in [1.29, 1.82) is 0 Å². The highest BCUT2D eigenvalue weighted by molar-refractivity contribution is 5.43. The van der Waals surface area contributed by atoms with E-state index in [9.17, 15) is 10.2 Å². The number of hydrogen-bond acceptors (Lipinski definition) is 3. The van der Waals surface area contributed by atoms with Crippen molar-refractivity contribution in [3.63, 3.8) is 0 Å². The summed E-state index contributed by atoms with van der Waals surface area (Å²) in [6.07, 6.45) is 7.16. The zero-order valence-electron chi connectivity index (χ0n) is 19.5. The summed E-state index contributed by atoms with van der Waals surface area (Å²) in [6, 6.07) is 16.9. The van der Waals surface area contributed by atoms with Crippen LogP contribution in [0.2, 0.25) is 0 Å². The molecule has 1 fully saturated rings. The molecule has 2 unspecified atom stereocenters. The second kappa shape index (κ2) is 11.2. The number of hydrogen-bond donors (Lipinski definition) is 2. The molecule has 1 aliphatic rings. The second-order valence-electron chi connectivity index (χ2n) is 9.93. The minimum absolute atomic E-state index is 0.0860. The van der Waals surface area contributed by atoms with Gasteiger partial charge in [-0.1, -0.05) is 88.9 Å². The summed E-state index contributed by atoms with van der Waals surface area (Å²) in [5.74, 6) is 1.01. The van der Waals surface area contributed by atoms with E-state index in [0.29, 0.717) is 25.9 Å². The third-order valence-electron chi connectivity index (χ3n) is 6.78. The van der Waals surface area contributed by atoms with Gasteiger partial charge >= 0.3 is 0 Å². The standard InChI is InChI=1S/C28H40O3/c1-4-5-6-10-15-28(2,3)23-13-14-26(22-16-24(29)19-25(30)17-22)27(18-23)31-20-21-11-8-7-9-12-21/h7-9,11-14,18,22,24-25,29-30H,4-6,10,15-17,19-20H2,1-3H3. The van der Waals surface area contributed by atoms with Gasteiger partial charge in [0.25, 0.3) is 0 Å². The summed E-state index contributed by atoms with van der Waals surface area (Å²) in [5, 5.41) is 20.5. The fourth-order valence-corrected chi connectivity index (χ4v) is 4.80. The summed E-state index contributed by atoms with van der Waals surface area (Å²) >= 11 is 0. The summed E-state index contributed by atoms with van der Waals surface area (Å²) in [7, 11) is 0. The van der Waals surface area contributed by atoms with Crippen molar-refractivity contribution in [2.75, 3.05) is 0 Å². The highest BCUT2D eigenvalue weighted by Gasteiger charge is 2.30. The largest absolute Gasteiger partial charge is 0.489 e. The maximum absolute atomic E-state index is 10.2. The summed E-state index contributed by atoms with van der Waals surface area (Å²) < 4.78 is 6.36. The van der Waals surface area contributed by atoms with Crippen LogP contribution in [0, 0.1) is 0 Å². The van der Waals surface area contributed by atoms with Crippen LogP contribution in [0.25, 0.3) is 0 Å². The molecule has 3 nitrogen and oxygen atoms in total. The van der Waals surface area contributed by atoms with E-state index in [1.807, 2.05) is 18.2 Å². The maximum Gasteiger partial charge on any atom is 0.123 e. The third-order valence-corrected chi connectivity index (χ3v) is 6.78. The van der Waals surface area contributed by atoms with Crippen molar-refractivity contribution in [2.45, 2.75) is 102 Å². The SMILES string of the molecule is CCCCCCC(C)(C)c1ccc(C2CC(O)CC(O)C2)c(OCc2ccccc2)c1. The molecule has 0 aromatic heterocycles. The zero-order valence-corrected chi connectivity index (χ0v) is 19.5. The molecule has 2 aromatic carbocycles. The van der Waals surface area contributed by atoms with Gasteiger partial charge in [0.15, 0.2) is 0 Å². The van der Waals surface area contributed by atoms with Crippen molar-refractivity contribution in [2.24, 2.45) is 0 Å². The topological polar surface area (TPSA) is 49.7 Å². The van der Waals surface area contributed by atoms with Crippen LogP contribution in [0.4, 0.5) is 0 Å². The number of unbranched alkanes of at least 4 members (excludes halogenated alkanes) is 3. The molecule has 31 heavy (non-hydrogen) atoms. The van der Waals surface area contributed by atoms with Crippen molar-refractivity contribution < 1.29 is 14.9 Å². The van der Waals surface area contributed by atoms with E-state index < -0.39 is 12.2 Å². The minimum atomic E-state index is -0.453. The Morgan fingerprint density at radius 2 is 1.61 bits per heavy atom. The Morgan fingerprint density at radius 1 is 0.903 bits per heavy atom. The van der Waals surface area contributed by atoms with Crippen LogP contribution in [-0.2, 0) is 12.0 Å². The second-order valence-corrected chi connectivity index (χ2v) is 9.93. The molecule has 2 N–H and O–H groups in total. The van der Waals surface area contributed by atoms with E-state index in [4.69, 9.17) is 4.74 Å². The van der Waals surface area contributed by atoms with Crippen LogP contribution in [0.3, 0.4) is 0 Å². The lowest BCUT2D eigenvalue weighted by molar-refractivity contribution is 0.0301. The molecule has 2 atom stereocenters. The number of ether oxygens (including phenoxy) is 1. The van der Waals surface area contributed by atoms with Crippen LogP contribution in [0.15, 0.2) is 48.5 Å². The fourth-order valence-electron chi connectivity index (χ4n) is 4.80. The van der Waals surface area contributed by atoms with Gasteiger partial charge in [0.1, 0.15) is 12.4 Å². The first-order valence-electron chi connectivity index (χ1n) is 12.1. The molecule has 0 saturated heterocycles. The van der Waals surface area contributed by atoms with E-state index in [0.717, 1.165) is 23.3 Å². The predicted octanol–water partition coefficient (Wildman–Crippen LogP) is 6.50. The summed E-state index contributed by atoms with van der Waals surface area (Å²) in [5.41, 5.74) is 3.64. The predicted molar refractivity (Wildman–Crippen MR) is 128 cm³/mol. The van der Waals surface area contributed by atoms with E-state index in [1.165, 1.54) is 31.2 Å². The first kappa shape index (κ1) is 23.8. The van der Waals surface area contributed by atoms with Gasteiger partial charge in [-0.25, -0.2) is 0 Å². The van der Waals surface area contributed by atoms with Gasteiger partial charge in [-0.15, -0.1) is 0 Å². The molecule has 0 amide bonds. The molecule has 1 saturated carbocycles. The molecule has 3 rings (SSSR count). The van der Waals surface area contributed by atoms with Crippen LogP contribution in [0.1, 0.15) is 94.7 Å². The Morgan fingerprint density at radius 3 is 2.29 bits per heavy atom. The summed E-state index contributed by atoms with van der Waals surface area (Å²) in [4.78, 5) is 0. The van der Waals surface area contributed by atoms with Crippen molar-refractivity contribution >= 4 is 0 Å². The average molecular weight is 425 g/mol. The van der Waals surface area contributed by atoms with Gasteiger partial charge in [0.2, 0.25) is 0 Å². The Kier molecular flexibility index (Phi) is 8.57.